The number of carbonyl (C=O) groups excluding carboxylic acids is 1. The van der Waals surface area contributed by atoms with Crippen molar-refractivity contribution in [3.05, 3.63) is 63.4 Å². The molecule has 0 spiro atoms. The molecule has 128 valence electrons. The number of benzene rings is 2. The molecule has 0 bridgehead atoms. The van der Waals surface area contributed by atoms with Crippen molar-refractivity contribution in [2.75, 3.05) is 0 Å². The van der Waals surface area contributed by atoms with Gasteiger partial charge in [0.1, 0.15) is 0 Å². The minimum absolute atomic E-state index is 0.218. The van der Waals surface area contributed by atoms with Crippen LogP contribution in [0.4, 0.5) is 0 Å². The van der Waals surface area contributed by atoms with Gasteiger partial charge in [-0.2, -0.15) is 0 Å². The number of halogens is 1. The standard InChI is InChI=1S/C18H16ClN3O2S/c1-10-3-6-13(7-4-10)22-17(24)14-8-5-12(19)9-15(14)21-18(22)25-11(2)16(20)23/h3-9,11H,1-2H3,(H2,20,23)/t11-/m0/s1. The Labute approximate surface area is 153 Å². The van der Waals surface area contributed by atoms with Crippen LogP contribution in [-0.2, 0) is 4.79 Å². The Balaban J connectivity index is 2.29. The molecule has 0 aliphatic rings. The monoisotopic (exact) mass is 373 g/mol. The molecule has 1 amide bonds. The lowest BCUT2D eigenvalue weighted by atomic mass is 10.2. The second-order valence-electron chi connectivity index (χ2n) is 5.69. The highest BCUT2D eigenvalue weighted by atomic mass is 35.5. The quantitative estimate of drug-likeness (QED) is 0.562. The summed E-state index contributed by atoms with van der Waals surface area (Å²) in [5, 5.41) is 0.822. The molecule has 0 unspecified atom stereocenters. The first-order chi connectivity index (χ1) is 11.9. The number of fused-ring (bicyclic) bond motifs is 1. The minimum atomic E-state index is -0.528. The molecule has 7 heteroatoms. The summed E-state index contributed by atoms with van der Waals surface area (Å²) in [6, 6.07) is 12.5. The Morgan fingerprint density at radius 1 is 1.24 bits per heavy atom. The van der Waals surface area contributed by atoms with E-state index in [0.29, 0.717) is 26.8 Å². The molecule has 0 fully saturated rings. The number of carbonyl (C=O) groups is 1. The molecule has 3 rings (SSSR count). The van der Waals surface area contributed by atoms with Crippen molar-refractivity contribution in [1.82, 2.24) is 9.55 Å². The summed E-state index contributed by atoms with van der Waals surface area (Å²) in [5.41, 5.74) is 7.40. The van der Waals surface area contributed by atoms with Crippen molar-refractivity contribution in [1.29, 1.82) is 0 Å². The highest BCUT2D eigenvalue weighted by Crippen LogP contribution is 2.26. The van der Waals surface area contributed by atoms with E-state index in [2.05, 4.69) is 4.98 Å². The summed E-state index contributed by atoms with van der Waals surface area (Å²) >= 11 is 7.17. The number of nitrogens with two attached hydrogens (primary N) is 1. The third-order valence-corrected chi connectivity index (χ3v) is 5.08. The average Bonchev–Trinajstić information content (AvgIpc) is 2.56. The minimum Gasteiger partial charge on any atom is -0.369 e. The van der Waals surface area contributed by atoms with Gasteiger partial charge in [-0.25, -0.2) is 4.98 Å². The van der Waals surface area contributed by atoms with Crippen molar-refractivity contribution in [3.63, 3.8) is 0 Å². The van der Waals surface area contributed by atoms with Crippen LogP contribution >= 0.6 is 23.4 Å². The summed E-state index contributed by atoms with van der Waals surface area (Å²) in [5.74, 6) is -0.471. The normalized spacial score (nSPS) is 12.3. The predicted octanol–water partition coefficient (Wildman–Crippen LogP) is 3.31. The zero-order chi connectivity index (χ0) is 18.1. The van der Waals surface area contributed by atoms with Crippen LogP contribution in [0.25, 0.3) is 16.6 Å². The van der Waals surface area contributed by atoms with E-state index in [4.69, 9.17) is 17.3 Å². The van der Waals surface area contributed by atoms with E-state index in [1.165, 1.54) is 4.57 Å². The van der Waals surface area contributed by atoms with Crippen molar-refractivity contribution >= 4 is 40.2 Å². The summed E-state index contributed by atoms with van der Waals surface area (Å²) in [7, 11) is 0. The molecule has 2 aromatic carbocycles. The summed E-state index contributed by atoms with van der Waals surface area (Å²) in [6.07, 6.45) is 0. The number of primary amides is 1. The number of hydrogen-bond donors (Lipinski definition) is 1. The lowest BCUT2D eigenvalue weighted by molar-refractivity contribution is -0.117. The van der Waals surface area contributed by atoms with Crippen molar-refractivity contribution in [3.8, 4) is 5.69 Å². The Hall–Kier alpha value is -2.31. The molecule has 2 N–H and O–H groups in total. The first kappa shape index (κ1) is 17.5. The maximum absolute atomic E-state index is 13.0. The Morgan fingerprint density at radius 2 is 1.92 bits per heavy atom. The molecule has 0 aliphatic carbocycles. The van der Waals surface area contributed by atoms with Crippen LogP contribution in [0.5, 0.6) is 0 Å². The highest BCUT2D eigenvalue weighted by Gasteiger charge is 2.18. The maximum atomic E-state index is 13.0. The maximum Gasteiger partial charge on any atom is 0.266 e. The van der Waals surface area contributed by atoms with Gasteiger partial charge in [-0.1, -0.05) is 41.1 Å². The predicted molar refractivity (Wildman–Crippen MR) is 102 cm³/mol. The van der Waals surface area contributed by atoms with Crippen molar-refractivity contribution in [2.45, 2.75) is 24.3 Å². The molecular weight excluding hydrogens is 358 g/mol. The molecule has 25 heavy (non-hydrogen) atoms. The Morgan fingerprint density at radius 3 is 2.56 bits per heavy atom. The van der Waals surface area contributed by atoms with E-state index in [9.17, 15) is 9.59 Å². The first-order valence-electron chi connectivity index (χ1n) is 7.62. The molecule has 0 saturated carbocycles. The number of hydrogen-bond acceptors (Lipinski definition) is 4. The van der Waals surface area contributed by atoms with Crippen LogP contribution in [-0.4, -0.2) is 20.7 Å². The lowest BCUT2D eigenvalue weighted by Crippen LogP contribution is -2.26. The molecule has 0 saturated heterocycles. The van der Waals surface area contributed by atoms with Crippen LogP contribution < -0.4 is 11.3 Å². The molecular formula is C18H16ClN3O2S. The Kier molecular flexibility index (Phi) is 4.83. The van der Waals surface area contributed by atoms with E-state index in [1.54, 1.807) is 25.1 Å². The zero-order valence-electron chi connectivity index (χ0n) is 13.7. The summed E-state index contributed by atoms with van der Waals surface area (Å²) < 4.78 is 1.50. The number of aromatic nitrogens is 2. The van der Waals surface area contributed by atoms with Gasteiger partial charge in [-0.3, -0.25) is 14.2 Å². The molecule has 1 atom stereocenters. The van der Waals surface area contributed by atoms with Gasteiger partial charge in [0.25, 0.3) is 5.56 Å². The van der Waals surface area contributed by atoms with Crippen LogP contribution in [0.1, 0.15) is 12.5 Å². The molecule has 3 aromatic rings. The number of thioether (sulfide) groups is 1. The van der Waals surface area contributed by atoms with Crippen LogP contribution in [0.2, 0.25) is 5.02 Å². The molecule has 0 radical (unpaired) electrons. The fraction of sp³-hybridized carbons (Fsp3) is 0.167. The number of rotatable bonds is 4. The van der Waals surface area contributed by atoms with Crippen molar-refractivity contribution in [2.24, 2.45) is 5.73 Å². The van der Waals surface area contributed by atoms with E-state index >= 15 is 0 Å². The average molecular weight is 374 g/mol. The second kappa shape index (κ2) is 6.90. The fourth-order valence-electron chi connectivity index (χ4n) is 2.36. The van der Waals surface area contributed by atoms with Crippen LogP contribution in [0.15, 0.2) is 52.4 Å². The second-order valence-corrected chi connectivity index (χ2v) is 7.44. The largest absolute Gasteiger partial charge is 0.369 e. The molecule has 1 heterocycles. The van der Waals surface area contributed by atoms with Gasteiger partial charge < -0.3 is 5.73 Å². The van der Waals surface area contributed by atoms with Gasteiger partial charge in [0.2, 0.25) is 5.91 Å². The number of amides is 1. The van der Waals surface area contributed by atoms with Crippen LogP contribution in [0.3, 0.4) is 0 Å². The lowest BCUT2D eigenvalue weighted by Gasteiger charge is -2.15. The highest BCUT2D eigenvalue weighted by molar-refractivity contribution is 8.00. The van der Waals surface area contributed by atoms with Gasteiger partial charge in [0, 0.05) is 5.02 Å². The molecule has 5 nitrogen and oxygen atoms in total. The van der Waals surface area contributed by atoms with E-state index in [1.807, 2.05) is 31.2 Å². The number of aryl methyl sites for hydroxylation is 1. The van der Waals surface area contributed by atoms with Gasteiger partial charge >= 0.3 is 0 Å². The third kappa shape index (κ3) is 3.55. The first-order valence-corrected chi connectivity index (χ1v) is 8.88. The van der Waals surface area contributed by atoms with Crippen LogP contribution in [0, 0.1) is 6.92 Å². The van der Waals surface area contributed by atoms with Crippen molar-refractivity contribution < 1.29 is 4.79 Å². The van der Waals surface area contributed by atoms with Gasteiger partial charge in [0.05, 0.1) is 21.8 Å². The fourth-order valence-corrected chi connectivity index (χ4v) is 3.40. The summed E-state index contributed by atoms with van der Waals surface area (Å²) in [4.78, 5) is 29.1. The van der Waals surface area contributed by atoms with Gasteiger partial charge in [0.15, 0.2) is 5.16 Å². The van der Waals surface area contributed by atoms with E-state index < -0.39 is 11.2 Å². The molecule has 0 aliphatic heterocycles. The number of nitrogens with zero attached hydrogens (tertiary/aromatic N) is 2. The molecule has 1 aromatic heterocycles. The summed E-state index contributed by atoms with van der Waals surface area (Å²) in [6.45, 7) is 3.65. The van der Waals surface area contributed by atoms with E-state index in [-0.39, 0.29) is 5.56 Å². The SMILES string of the molecule is Cc1ccc(-n2c(S[C@@H](C)C(N)=O)nc3cc(Cl)ccc3c2=O)cc1. The smallest absolute Gasteiger partial charge is 0.266 e. The zero-order valence-corrected chi connectivity index (χ0v) is 15.3. The van der Waals surface area contributed by atoms with E-state index in [0.717, 1.165) is 17.3 Å². The van der Waals surface area contributed by atoms with Gasteiger partial charge in [-0.05, 0) is 44.2 Å². The van der Waals surface area contributed by atoms with Gasteiger partial charge in [-0.15, -0.1) is 0 Å². The third-order valence-electron chi connectivity index (χ3n) is 3.78. The topological polar surface area (TPSA) is 78.0 Å². The Bertz CT molecular complexity index is 1020.